The van der Waals surface area contributed by atoms with Gasteiger partial charge in [-0.15, -0.1) is 0 Å². The van der Waals surface area contributed by atoms with Crippen molar-refractivity contribution < 1.29 is 5.11 Å². The van der Waals surface area contributed by atoms with Crippen LogP contribution in [-0.4, -0.2) is 17.3 Å². The number of hydrogen-bond acceptors (Lipinski definition) is 4. The van der Waals surface area contributed by atoms with Gasteiger partial charge in [-0.3, -0.25) is 11.3 Å². The van der Waals surface area contributed by atoms with Gasteiger partial charge in [0.1, 0.15) is 0 Å². The lowest BCUT2D eigenvalue weighted by atomic mass is 9.83. The van der Waals surface area contributed by atoms with Crippen LogP contribution < -0.4 is 17.0 Å². The molecule has 0 saturated heterocycles. The number of benzene rings is 1. The van der Waals surface area contributed by atoms with Crippen LogP contribution in [0.5, 0.6) is 0 Å². The molecule has 4 heteroatoms. The van der Waals surface area contributed by atoms with Gasteiger partial charge in [-0.25, -0.2) is 0 Å². The molecule has 2 rings (SSSR count). The van der Waals surface area contributed by atoms with Crippen molar-refractivity contribution in [1.82, 2.24) is 5.43 Å². The molecular formula is C17H29N3O. The Bertz CT molecular complexity index is 392. The topological polar surface area (TPSA) is 84.3 Å². The molecule has 1 aliphatic rings. The highest BCUT2D eigenvalue weighted by atomic mass is 16.3. The number of aliphatic hydroxyl groups excluding tert-OH is 1. The molecule has 0 spiro atoms. The fraction of sp³-hybridized carbons (Fsp3) is 0.647. The summed E-state index contributed by atoms with van der Waals surface area (Å²) >= 11 is 0. The summed E-state index contributed by atoms with van der Waals surface area (Å²) in [5.74, 6) is 6.32. The Labute approximate surface area is 127 Å². The predicted octanol–water partition coefficient (Wildman–Crippen LogP) is 2.24. The minimum absolute atomic E-state index is 0.0568. The van der Waals surface area contributed by atoms with E-state index in [1.54, 1.807) is 0 Å². The van der Waals surface area contributed by atoms with E-state index in [1.165, 1.54) is 32.1 Å². The molecule has 3 atom stereocenters. The lowest BCUT2D eigenvalue weighted by Gasteiger charge is -2.29. The Hall–Kier alpha value is -0.940. The molecule has 0 aliphatic heterocycles. The van der Waals surface area contributed by atoms with Gasteiger partial charge >= 0.3 is 0 Å². The molecule has 0 aromatic heterocycles. The van der Waals surface area contributed by atoms with E-state index in [4.69, 9.17) is 11.6 Å². The first-order valence-corrected chi connectivity index (χ1v) is 8.15. The summed E-state index contributed by atoms with van der Waals surface area (Å²) in [5.41, 5.74) is 10.1. The molecule has 1 aromatic rings. The summed E-state index contributed by atoms with van der Waals surface area (Å²) in [7, 11) is 0. The average molecular weight is 291 g/mol. The second kappa shape index (κ2) is 8.49. The highest BCUT2D eigenvalue weighted by Gasteiger charge is 2.24. The first-order chi connectivity index (χ1) is 10.2. The molecule has 4 nitrogen and oxygen atoms in total. The van der Waals surface area contributed by atoms with Crippen molar-refractivity contribution in [2.24, 2.45) is 17.5 Å². The maximum Gasteiger partial charge on any atom is 0.0709 e. The maximum absolute atomic E-state index is 10.4. The van der Waals surface area contributed by atoms with Crippen LogP contribution in [0, 0.1) is 5.92 Å². The smallest absolute Gasteiger partial charge is 0.0709 e. The average Bonchev–Trinajstić information content (AvgIpc) is 2.54. The van der Waals surface area contributed by atoms with Crippen LogP contribution in [-0.2, 0) is 0 Å². The molecule has 1 aliphatic carbocycles. The van der Waals surface area contributed by atoms with Gasteiger partial charge in [0.25, 0.3) is 0 Å². The van der Waals surface area contributed by atoms with Crippen molar-refractivity contribution >= 4 is 0 Å². The second-order valence-electron chi connectivity index (χ2n) is 6.34. The van der Waals surface area contributed by atoms with Crippen molar-refractivity contribution in [3.63, 3.8) is 0 Å². The van der Waals surface area contributed by atoms with Gasteiger partial charge in [-0.05, 0) is 24.3 Å². The molecule has 6 N–H and O–H groups in total. The van der Waals surface area contributed by atoms with E-state index in [1.807, 2.05) is 30.3 Å². The molecule has 21 heavy (non-hydrogen) atoms. The van der Waals surface area contributed by atoms with Gasteiger partial charge in [-0.2, -0.15) is 0 Å². The highest BCUT2D eigenvalue weighted by Crippen LogP contribution is 2.28. The largest absolute Gasteiger partial charge is 0.391 e. The predicted molar refractivity (Wildman–Crippen MR) is 86.3 cm³/mol. The van der Waals surface area contributed by atoms with Crippen LogP contribution in [0.15, 0.2) is 30.3 Å². The number of hydrazine groups is 1. The van der Waals surface area contributed by atoms with Gasteiger partial charge in [0.15, 0.2) is 0 Å². The lowest BCUT2D eigenvalue weighted by Crippen LogP contribution is -2.40. The third kappa shape index (κ3) is 5.08. The van der Waals surface area contributed by atoms with Gasteiger partial charge in [0.05, 0.1) is 6.10 Å². The molecule has 118 valence electrons. The fourth-order valence-corrected chi connectivity index (χ4v) is 3.37. The minimum atomic E-state index is -0.520. The van der Waals surface area contributed by atoms with E-state index in [9.17, 15) is 5.11 Å². The Balaban J connectivity index is 1.85. The third-order valence-electron chi connectivity index (χ3n) is 4.70. The quantitative estimate of drug-likeness (QED) is 0.458. The van der Waals surface area contributed by atoms with Crippen LogP contribution in [0.3, 0.4) is 0 Å². The van der Waals surface area contributed by atoms with E-state index >= 15 is 0 Å². The Morgan fingerprint density at radius 1 is 1.14 bits per heavy atom. The summed E-state index contributed by atoms with van der Waals surface area (Å²) in [4.78, 5) is 0. The van der Waals surface area contributed by atoms with E-state index in [0.29, 0.717) is 12.3 Å². The number of nitrogens with two attached hydrogens (primary N) is 2. The first kappa shape index (κ1) is 16.4. The second-order valence-corrected chi connectivity index (χ2v) is 6.34. The van der Waals surface area contributed by atoms with Crippen LogP contribution in [0.2, 0.25) is 0 Å². The zero-order valence-corrected chi connectivity index (χ0v) is 12.7. The van der Waals surface area contributed by atoms with E-state index in [-0.39, 0.29) is 12.1 Å². The monoisotopic (exact) mass is 291 g/mol. The summed E-state index contributed by atoms with van der Waals surface area (Å²) < 4.78 is 0. The van der Waals surface area contributed by atoms with Crippen LogP contribution in [0.4, 0.5) is 0 Å². The molecule has 0 heterocycles. The molecule has 1 fully saturated rings. The number of aliphatic hydroxyl groups is 1. The van der Waals surface area contributed by atoms with Crippen molar-refractivity contribution in [2.45, 2.75) is 63.1 Å². The van der Waals surface area contributed by atoms with Crippen LogP contribution >= 0.6 is 0 Å². The zero-order chi connectivity index (χ0) is 15.1. The van der Waals surface area contributed by atoms with Gasteiger partial charge in [-0.1, -0.05) is 62.4 Å². The molecule has 1 aromatic carbocycles. The molecule has 0 bridgehead atoms. The van der Waals surface area contributed by atoms with Crippen LogP contribution in [0.25, 0.3) is 0 Å². The van der Waals surface area contributed by atoms with Crippen molar-refractivity contribution in [3.05, 3.63) is 35.9 Å². The highest BCUT2D eigenvalue weighted by molar-refractivity contribution is 5.18. The number of nitrogens with one attached hydrogen (secondary N) is 1. The first-order valence-electron chi connectivity index (χ1n) is 8.15. The summed E-state index contributed by atoms with van der Waals surface area (Å²) in [6, 6.07) is 9.75. The summed E-state index contributed by atoms with van der Waals surface area (Å²) in [5, 5.41) is 10.4. The third-order valence-corrected chi connectivity index (χ3v) is 4.70. The maximum atomic E-state index is 10.4. The van der Waals surface area contributed by atoms with Gasteiger partial charge < -0.3 is 10.8 Å². The van der Waals surface area contributed by atoms with E-state index < -0.39 is 6.10 Å². The molecule has 0 amide bonds. The van der Waals surface area contributed by atoms with Crippen molar-refractivity contribution in [3.8, 4) is 0 Å². The minimum Gasteiger partial charge on any atom is -0.391 e. The molecule has 1 saturated carbocycles. The summed E-state index contributed by atoms with van der Waals surface area (Å²) in [6.07, 6.45) is 7.45. The lowest BCUT2D eigenvalue weighted by molar-refractivity contribution is 0.106. The van der Waals surface area contributed by atoms with Crippen molar-refractivity contribution in [2.75, 3.05) is 0 Å². The standard InChI is InChI=1S/C17H29N3O/c18-15(11-13-7-3-1-4-8-13)17(21)12-16(20-19)14-9-5-2-6-10-14/h2,5-6,9-10,13,15-17,20-21H,1,3-4,7-8,11-12,18-19H2/t15-,16?,17-/m0/s1. The zero-order valence-electron chi connectivity index (χ0n) is 12.7. The van der Waals surface area contributed by atoms with E-state index in [2.05, 4.69) is 5.43 Å². The summed E-state index contributed by atoms with van der Waals surface area (Å²) in [6.45, 7) is 0. The molecular weight excluding hydrogens is 262 g/mol. The fourth-order valence-electron chi connectivity index (χ4n) is 3.37. The molecule has 0 radical (unpaired) electrons. The van der Waals surface area contributed by atoms with E-state index in [0.717, 1.165) is 12.0 Å². The SMILES string of the molecule is NNC(C[C@H](O)[C@@H](N)CC1CCCCC1)c1ccccc1. The number of hydrogen-bond donors (Lipinski definition) is 4. The van der Waals surface area contributed by atoms with Gasteiger partial charge in [0.2, 0.25) is 0 Å². The Morgan fingerprint density at radius 3 is 2.43 bits per heavy atom. The van der Waals surface area contributed by atoms with Crippen molar-refractivity contribution in [1.29, 1.82) is 0 Å². The normalized spacial score (nSPS) is 20.9. The van der Waals surface area contributed by atoms with Gasteiger partial charge in [0, 0.05) is 12.1 Å². The Morgan fingerprint density at radius 2 is 1.81 bits per heavy atom. The van der Waals surface area contributed by atoms with Crippen LogP contribution in [0.1, 0.15) is 56.6 Å². The number of rotatable bonds is 7. The molecule has 1 unspecified atom stereocenters. The Kier molecular flexibility index (Phi) is 6.64.